The van der Waals surface area contributed by atoms with Crippen molar-refractivity contribution in [3.05, 3.63) is 90.2 Å². The van der Waals surface area contributed by atoms with Gasteiger partial charge < -0.3 is 14.4 Å². The molecule has 214 valence electrons. The summed E-state index contributed by atoms with van der Waals surface area (Å²) < 4.78 is 27.2. The smallest absolute Gasteiger partial charge is 0.188 e. The average Bonchev–Trinajstić information content (AvgIpc) is 3.44. The van der Waals surface area contributed by atoms with Crippen molar-refractivity contribution in [2.75, 3.05) is 31.6 Å². The first kappa shape index (κ1) is 27.7. The monoisotopic (exact) mass is 565 g/mol. The average molecular weight is 566 g/mol. The van der Waals surface area contributed by atoms with Gasteiger partial charge >= 0.3 is 0 Å². The second-order valence-corrected chi connectivity index (χ2v) is 11.4. The van der Waals surface area contributed by atoms with E-state index >= 15 is 0 Å². The van der Waals surface area contributed by atoms with Crippen LogP contribution in [-0.2, 0) is 11.3 Å². The SMILES string of the molecule is CC(C)c1ncncc1-c1cc(F)ccc1Oc1cncnc1N1CC2(CC(N(C)Cc3ccc(C#N)cc3)CO2)C1. The lowest BCUT2D eigenvalue weighted by molar-refractivity contribution is -0.0196. The second-order valence-electron chi connectivity index (χ2n) is 11.4. The molecular weight excluding hydrogens is 533 g/mol. The third-order valence-corrected chi connectivity index (χ3v) is 7.99. The van der Waals surface area contributed by atoms with E-state index in [0.717, 1.165) is 24.2 Å². The summed E-state index contributed by atoms with van der Waals surface area (Å²) >= 11 is 0. The van der Waals surface area contributed by atoms with Gasteiger partial charge in [-0.15, -0.1) is 0 Å². The third-order valence-electron chi connectivity index (χ3n) is 7.99. The summed E-state index contributed by atoms with van der Waals surface area (Å²) in [6.07, 6.45) is 7.24. The molecule has 2 aliphatic heterocycles. The Labute approximate surface area is 244 Å². The molecule has 2 saturated heterocycles. The zero-order chi connectivity index (χ0) is 29.3. The van der Waals surface area contributed by atoms with Gasteiger partial charge in [-0.25, -0.2) is 24.3 Å². The van der Waals surface area contributed by atoms with E-state index in [0.29, 0.717) is 48.1 Å². The summed E-state index contributed by atoms with van der Waals surface area (Å²) in [6.45, 7) is 6.88. The van der Waals surface area contributed by atoms with Gasteiger partial charge in [-0.05, 0) is 55.3 Å². The van der Waals surface area contributed by atoms with Crippen LogP contribution in [0.1, 0.15) is 43.0 Å². The number of anilines is 1. The van der Waals surface area contributed by atoms with Crippen molar-refractivity contribution in [1.82, 2.24) is 24.8 Å². The van der Waals surface area contributed by atoms with Crippen molar-refractivity contribution in [1.29, 1.82) is 5.26 Å². The van der Waals surface area contributed by atoms with E-state index in [9.17, 15) is 4.39 Å². The zero-order valence-electron chi connectivity index (χ0n) is 23.9. The summed E-state index contributed by atoms with van der Waals surface area (Å²) in [4.78, 5) is 21.8. The molecule has 1 unspecified atom stereocenters. The molecule has 10 heteroatoms. The molecule has 0 bridgehead atoms. The second kappa shape index (κ2) is 11.4. The van der Waals surface area contributed by atoms with Crippen LogP contribution in [-0.4, -0.2) is 63.2 Å². The van der Waals surface area contributed by atoms with Crippen LogP contribution in [0, 0.1) is 17.1 Å². The maximum absolute atomic E-state index is 14.4. The molecule has 6 rings (SSSR count). The summed E-state index contributed by atoms with van der Waals surface area (Å²) in [6, 6.07) is 14.6. The largest absolute Gasteiger partial charge is 0.451 e. The molecular formula is C32H32FN7O2. The molecule has 2 aromatic carbocycles. The normalized spacial score (nSPS) is 17.5. The summed E-state index contributed by atoms with van der Waals surface area (Å²) in [5.74, 6) is 1.36. The Bertz CT molecular complexity index is 1620. The Morgan fingerprint density at radius 3 is 2.60 bits per heavy atom. The highest BCUT2D eigenvalue weighted by atomic mass is 19.1. The number of likely N-dealkylation sites (N-methyl/N-ethyl adjacent to an activating group) is 1. The molecule has 2 aliphatic rings. The van der Waals surface area contributed by atoms with Crippen molar-refractivity contribution in [2.45, 2.75) is 44.4 Å². The van der Waals surface area contributed by atoms with Gasteiger partial charge in [0.15, 0.2) is 11.6 Å². The van der Waals surface area contributed by atoms with Crippen molar-refractivity contribution in [3.63, 3.8) is 0 Å². The number of aromatic nitrogens is 4. The van der Waals surface area contributed by atoms with Crippen LogP contribution in [0.4, 0.5) is 10.2 Å². The van der Waals surface area contributed by atoms with Gasteiger partial charge in [0.1, 0.15) is 29.8 Å². The minimum absolute atomic E-state index is 0.116. The Morgan fingerprint density at radius 1 is 1.07 bits per heavy atom. The zero-order valence-corrected chi connectivity index (χ0v) is 23.9. The molecule has 0 radical (unpaired) electrons. The van der Waals surface area contributed by atoms with E-state index in [1.54, 1.807) is 18.5 Å². The molecule has 0 aliphatic carbocycles. The maximum Gasteiger partial charge on any atom is 0.188 e. The lowest BCUT2D eigenvalue weighted by Crippen LogP contribution is -2.62. The molecule has 42 heavy (non-hydrogen) atoms. The number of ether oxygens (including phenoxy) is 2. The molecule has 2 fully saturated rings. The van der Waals surface area contributed by atoms with Crippen LogP contribution in [0.15, 0.2) is 67.5 Å². The Hall–Kier alpha value is -4.46. The van der Waals surface area contributed by atoms with E-state index in [4.69, 9.17) is 14.7 Å². The van der Waals surface area contributed by atoms with Gasteiger partial charge in [0.2, 0.25) is 0 Å². The van der Waals surface area contributed by atoms with Crippen LogP contribution >= 0.6 is 0 Å². The van der Waals surface area contributed by atoms with Crippen molar-refractivity contribution < 1.29 is 13.9 Å². The fourth-order valence-electron chi connectivity index (χ4n) is 5.77. The van der Waals surface area contributed by atoms with Crippen LogP contribution in [0.2, 0.25) is 0 Å². The fourth-order valence-corrected chi connectivity index (χ4v) is 5.77. The van der Waals surface area contributed by atoms with Crippen molar-refractivity contribution in [3.8, 4) is 28.7 Å². The molecule has 0 amide bonds. The van der Waals surface area contributed by atoms with E-state index < -0.39 is 0 Å². The number of nitrogens with zero attached hydrogens (tertiary/aromatic N) is 7. The van der Waals surface area contributed by atoms with Crippen LogP contribution in [0.5, 0.6) is 11.5 Å². The molecule has 1 atom stereocenters. The van der Waals surface area contributed by atoms with E-state index in [1.807, 2.05) is 38.1 Å². The Kier molecular flexibility index (Phi) is 7.54. The highest BCUT2D eigenvalue weighted by Gasteiger charge is 2.51. The molecule has 2 aromatic heterocycles. The maximum atomic E-state index is 14.4. The van der Waals surface area contributed by atoms with Crippen molar-refractivity contribution >= 4 is 5.82 Å². The minimum atomic E-state index is -0.373. The van der Waals surface area contributed by atoms with E-state index in [2.05, 4.69) is 42.9 Å². The standard InChI is InChI=1S/C32H32FN7O2/c1-21(2)30-27(13-35-19-37-30)26-10-24(33)8-9-28(26)42-29-14-36-20-38-31(29)40-17-32(18-40)11-25(16-41-32)39(3)15-23-6-4-22(12-34)5-7-23/h4-10,13-14,19-21,25H,11,15-18H2,1-3H3. The minimum Gasteiger partial charge on any atom is -0.451 e. The Balaban J connectivity index is 1.16. The number of nitriles is 1. The van der Waals surface area contributed by atoms with Gasteiger partial charge in [0.25, 0.3) is 0 Å². The van der Waals surface area contributed by atoms with Crippen LogP contribution in [0.3, 0.4) is 0 Å². The molecule has 4 aromatic rings. The number of rotatable bonds is 8. The molecule has 0 saturated carbocycles. The van der Waals surface area contributed by atoms with Gasteiger partial charge in [0.05, 0.1) is 43.2 Å². The lowest BCUT2D eigenvalue weighted by atomic mass is 9.89. The first-order valence-electron chi connectivity index (χ1n) is 14.0. The van der Waals surface area contributed by atoms with Gasteiger partial charge in [-0.3, -0.25) is 4.90 Å². The number of hydrogen-bond acceptors (Lipinski definition) is 9. The highest BCUT2D eigenvalue weighted by Crippen LogP contribution is 2.43. The van der Waals surface area contributed by atoms with Crippen LogP contribution in [0.25, 0.3) is 11.1 Å². The van der Waals surface area contributed by atoms with Gasteiger partial charge in [0, 0.05) is 29.9 Å². The predicted molar refractivity (Wildman–Crippen MR) is 156 cm³/mol. The van der Waals surface area contributed by atoms with Crippen molar-refractivity contribution in [2.24, 2.45) is 0 Å². The van der Waals surface area contributed by atoms with E-state index in [-0.39, 0.29) is 23.4 Å². The number of benzene rings is 2. The summed E-state index contributed by atoms with van der Waals surface area (Å²) in [5.41, 5.74) is 3.68. The molecule has 0 N–H and O–H groups in total. The predicted octanol–water partition coefficient (Wildman–Crippen LogP) is 5.34. The summed E-state index contributed by atoms with van der Waals surface area (Å²) in [5, 5.41) is 9.05. The molecule has 1 spiro atoms. The highest BCUT2D eigenvalue weighted by molar-refractivity contribution is 5.73. The van der Waals surface area contributed by atoms with Gasteiger partial charge in [-0.1, -0.05) is 26.0 Å². The summed E-state index contributed by atoms with van der Waals surface area (Å²) in [7, 11) is 2.11. The first-order chi connectivity index (χ1) is 20.3. The van der Waals surface area contributed by atoms with E-state index in [1.165, 1.54) is 30.4 Å². The Morgan fingerprint density at radius 2 is 1.83 bits per heavy atom. The number of halogens is 1. The van der Waals surface area contributed by atoms with Gasteiger partial charge in [-0.2, -0.15) is 5.26 Å². The third kappa shape index (κ3) is 5.53. The number of hydrogen-bond donors (Lipinski definition) is 0. The lowest BCUT2D eigenvalue weighted by Gasteiger charge is -2.48. The van der Waals surface area contributed by atoms with Crippen LogP contribution < -0.4 is 9.64 Å². The quantitative estimate of drug-likeness (QED) is 0.280. The fraction of sp³-hybridized carbons (Fsp3) is 0.344. The topological polar surface area (TPSA) is 100 Å². The first-order valence-corrected chi connectivity index (χ1v) is 14.0. The molecule has 9 nitrogen and oxygen atoms in total. The molecule has 4 heterocycles.